The van der Waals surface area contributed by atoms with Crippen molar-refractivity contribution in [2.75, 3.05) is 10.2 Å². The van der Waals surface area contributed by atoms with E-state index in [1.165, 1.54) is 4.90 Å². The Balaban J connectivity index is 1.71. The fourth-order valence-corrected chi connectivity index (χ4v) is 3.68. The molecule has 1 atom stereocenters. The second-order valence-corrected chi connectivity index (χ2v) is 7.05. The van der Waals surface area contributed by atoms with Crippen molar-refractivity contribution >= 4 is 40.2 Å². The zero-order valence-corrected chi connectivity index (χ0v) is 14.8. The zero-order valence-electron chi connectivity index (χ0n) is 14.0. The van der Waals surface area contributed by atoms with Gasteiger partial charge in [0, 0.05) is 12.1 Å². The first kappa shape index (κ1) is 17.2. The second-order valence-electron chi connectivity index (χ2n) is 5.90. The average molecular weight is 354 g/mol. The van der Waals surface area contributed by atoms with Gasteiger partial charge in [-0.05, 0) is 48.9 Å². The van der Waals surface area contributed by atoms with E-state index >= 15 is 0 Å². The molecule has 128 valence electrons. The molecule has 1 heterocycles. The molecule has 1 aliphatic rings. The van der Waals surface area contributed by atoms with Gasteiger partial charge in [-0.1, -0.05) is 36.4 Å². The molecular formula is C19H18N2O3S. The number of carbonyl (C=O) groups excluding carboxylic acids is 3. The molecule has 25 heavy (non-hydrogen) atoms. The molecule has 5 nitrogen and oxygen atoms in total. The maximum atomic E-state index is 12.6. The molecule has 0 radical (unpaired) electrons. The van der Waals surface area contributed by atoms with Gasteiger partial charge in [0.05, 0.1) is 5.69 Å². The van der Waals surface area contributed by atoms with E-state index in [-0.39, 0.29) is 23.5 Å². The van der Waals surface area contributed by atoms with E-state index < -0.39 is 5.25 Å². The Bertz CT molecular complexity index is 850. The minimum Gasteiger partial charge on any atom is -0.326 e. The van der Waals surface area contributed by atoms with Gasteiger partial charge in [0.25, 0.3) is 5.24 Å². The van der Waals surface area contributed by atoms with E-state index in [0.717, 1.165) is 22.9 Å². The molecule has 0 unspecified atom stereocenters. The van der Waals surface area contributed by atoms with Gasteiger partial charge < -0.3 is 5.32 Å². The van der Waals surface area contributed by atoms with Crippen LogP contribution < -0.4 is 10.2 Å². The number of rotatable bonds is 4. The van der Waals surface area contributed by atoms with Crippen LogP contribution in [0.25, 0.3) is 0 Å². The summed E-state index contributed by atoms with van der Waals surface area (Å²) in [6.45, 7) is 3.74. The molecule has 0 bridgehead atoms. The van der Waals surface area contributed by atoms with E-state index in [1.54, 1.807) is 12.1 Å². The third-order valence-corrected chi connectivity index (χ3v) is 5.10. The van der Waals surface area contributed by atoms with Crippen LogP contribution >= 0.6 is 11.8 Å². The molecule has 1 saturated heterocycles. The van der Waals surface area contributed by atoms with Crippen molar-refractivity contribution in [2.24, 2.45) is 0 Å². The fourth-order valence-electron chi connectivity index (χ4n) is 2.70. The largest absolute Gasteiger partial charge is 0.326 e. The molecule has 1 N–H and O–H groups in total. The van der Waals surface area contributed by atoms with Crippen molar-refractivity contribution in [1.29, 1.82) is 0 Å². The maximum Gasteiger partial charge on any atom is 0.293 e. The topological polar surface area (TPSA) is 66.5 Å². The highest BCUT2D eigenvalue weighted by Crippen LogP contribution is 2.35. The highest BCUT2D eigenvalue weighted by atomic mass is 32.2. The molecular weight excluding hydrogens is 336 g/mol. The van der Waals surface area contributed by atoms with E-state index in [1.807, 2.05) is 50.2 Å². The SMILES string of the molecule is Cc1ccccc1NC(=O)C[C@@H]1SC(=O)N(c2ccccc2C)C1=O. The summed E-state index contributed by atoms with van der Waals surface area (Å²) in [5.74, 6) is -0.621. The van der Waals surface area contributed by atoms with Crippen molar-refractivity contribution in [2.45, 2.75) is 25.5 Å². The summed E-state index contributed by atoms with van der Waals surface area (Å²) in [6, 6.07) is 14.6. The summed E-state index contributed by atoms with van der Waals surface area (Å²) >= 11 is 0.905. The summed E-state index contributed by atoms with van der Waals surface area (Å²) in [7, 11) is 0. The normalized spacial score (nSPS) is 17.0. The number of benzene rings is 2. The van der Waals surface area contributed by atoms with Gasteiger partial charge in [-0.3, -0.25) is 14.4 Å². The highest BCUT2D eigenvalue weighted by molar-refractivity contribution is 8.15. The van der Waals surface area contributed by atoms with Crippen LogP contribution in [0.3, 0.4) is 0 Å². The van der Waals surface area contributed by atoms with Crippen LogP contribution in [0.15, 0.2) is 48.5 Å². The van der Waals surface area contributed by atoms with Gasteiger partial charge in [0.15, 0.2) is 0 Å². The number of hydrogen-bond donors (Lipinski definition) is 1. The molecule has 3 rings (SSSR count). The Labute approximate surface area is 150 Å². The quantitative estimate of drug-likeness (QED) is 0.904. The zero-order chi connectivity index (χ0) is 18.0. The number of nitrogens with zero attached hydrogens (tertiary/aromatic N) is 1. The standard InChI is InChI=1S/C19H18N2O3S/c1-12-7-3-5-9-14(12)20-17(22)11-16-18(23)21(19(24)25-16)15-10-6-4-8-13(15)2/h3-10,16H,11H2,1-2H3,(H,20,22)/t16-/m0/s1. The predicted molar refractivity (Wildman–Crippen MR) is 99.9 cm³/mol. The molecule has 3 amide bonds. The number of aryl methyl sites for hydroxylation is 2. The van der Waals surface area contributed by atoms with E-state index in [0.29, 0.717) is 11.4 Å². The predicted octanol–water partition coefficient (Wildman–Crippen LogP) is 3.90. The van der Waals surface area contributed by atoms with Crippen LogP contribution in [-0.4, -0.2) is 22.3 Å². The number of nitrogens with one attached hydrogen (secondary N) is 1. The van der Waals surface area contributed by atoms with Crippen molar-refractivity contribution in [3.63, 3.8) is 0 Å². The number of anilines is 2. The lowest BCUT2D eigenvalue weighted by Gasteiger charge is -2.16. The Kier molecular flexibility index (Phi) is 4.90. The smallest absolute Gasteiger partial charge is 0.293 e. The Morgan fingerprint density at radius 2 is 1.68 bits per heavy atom. The van der Waals surface area contributed by atoms with Crippen LogP contribution in [0.4, 0.5) is 16.2 Å². The lowest BCUT2D eigenvalue weighted by molar-refractivity contribution is -0.121. The number of hydrogen-bond acceptors (Lipinski definition) is 4. The van der Waals surface area contributed by atoms with Crippen molar-refractivity contribution in [3.05, 3.63) is 59.7 Å². The molecule has 0 spiro atoms. The molecule has 0 saturated carbocycles. The Hall–Kier alpha value is -2.60. The minimum absolute atomic E-state index is 0.0358. The fraction of sp³-hybridized carbons (Fsp3) is 0.211. The summed E-state index contributed by atoms with van der Waals surface area (Å²) < 4.78 is 0. The van der Waals surface area contributed by atoms with Crippen LogP contribution in [0, 0.1) is 13.8 Å². The first-order valence-corrected chi connectivity index (χ1v) is 8.81. The third kappa shape index (κ3) is 3.58. The molecule has 0 aromatic heterocycles. The first-order chi connectivity index (χ1) is 12.0. The molecule has 2 aromatic carbocycles. The van der Waals surface area contributed by atoms with Gasteiger partial charge in [0.1, 0.15) is 5.25 Å². The number of thioether (sulfide) groups is 1. The van der Waals surface area contributed by atoms with Crippen LogP contribution in [0.5, 0.6) is 0 Å². The minimum atomic E-state index is -0.698. The molecule has 0 aliphatic carbocycles. The molecule has 1 aliphatic heterocycles. The molecule has 2 aromatic rings. The van der Waals surface area contributed by atoms with Crippen molar-refractivity contribution in [3.8, 4) is 0 Å². The monoisotopic (exact) mass is 354 g/mol. The second kappa shape index (κ2) is 7.11. The average Bonchev–Trinajstić information content (AvgIpc) is 2.84. The number of imide groups is 1. The van der Waals surface area contributed by atoms with Gasteiger partial charge >= 0.3 is 0 Å². The van der Waals surface area contributed by atoms with E-state index in [2.05, 4.69) is 5.32 Å². The lowest BCUT2D eigenvalue weighted by Crippen LogP contribution is -2.33. The summed E-state index contributed by atoms with van der Waals surface area (Å²) in [5, 5.41) is 1.77. The van der Waals surface area contributed by atoms with Crippen LogP contribution in [0.1, 0.15) is 17.5 Å². The number of carbonyl (C=O) groups is 3. The third-order valence-electron chi connectivity index (χ3n) is 4.07. The number of amides is 3. The molecule has 6 heteroatoms. The summed E-state index contributed by atoms with van der Waals surface area (Å²) in [4.78, 5) is 38.4. The highest BCUT2D eigenvalue weighted by Gasteiger charge is 2.42. The van der Waals surface area contributed by atoms with Gasteiger partial charge in [-0.25, -0.2) is 4.90 Å². The van der Waals surface area contributed by atoms with Gasteiger partial charge in [0.2, 0.25) is 11.8 Å². The Morgan fingerprint density at radius 3 is 2.36 bits per heavy atom. The number of para-hydroxylation sites is 2. The van der Waals surface area contributed by atoms with Gasteiger partial charge in [-0.15, -0.1) is 0 Å². The van der Waals surface area contributed by atoms with E-state index in [4.69, 9.17) is 0 Å². The van der Waals surface area contributed by atoms with E-state index in [9.17, 15) is 14.4 Å². The Morgan fingerprint density at radius 1 is 1.04 bits per heavy atom. The maximum absolute atomic E-state index is 12.6. The molecule has 1 fully saturated rings. The van der Waals surface area contributed by atoms with Crippen LogP contribution in [0.2, 0.25) is 0 Å². The van der Waals surface area contributed by atoms with Crippen molar-refractivity contribution in [1.82, 2.24) is 0 Å². The first-order valence-electron chi connectivity index (χ1n) is 7.93. The van der Waals surface area contributed by atoms with Crippen LogP contribution in [-0.2, 0) is 9.59 Å². The summed E-state index contributed by atoms with van der Waals surface area (Å²) in [6.07, 6.45) is -0.0358. The lowest BCUT2D eigenvalue weighted by atomic mass is 10.1. The van der Waals surface area contributed by atoms with Gasteiger partial charge in [-0.2, -0.15) is 0 Å². The summed E-state index contributed by atoms with van der Waals surface area (Å²) in [5.41, 5.74) is 3.07. The van der Waals surface area contributed by atoms with Crippen molar-refractivity contribution < 1.29 is 14.4 Å².